The molecule has 0 aliphatic heterocycles. The summed E-state index contributed by atoms with van der Waals surface area (Å²) in [6, 6.07) is 58.0. The highest BCUT2D eigenvalue weighted by Gasteiger charge is 2.38. The lowest BCUT2D eigenvalue weighted by Crippen LogP contribution is -2.62. The molecule has 6 aromatic carbocycles. The summed E-state index contributed by atoms with van der Waals surface area (Å²) in [6.07, 6.45) is 0. The third-order valence-electron chi connectivity index (χ3n) is 7.17. The molecular formula is C36H27ClSi. The van der Waals surface area contributed by atoms with E-state index in [4.69, 9.17) is 11.1 Å². The van der Waals surface area contributed by atoms with E-state index >= 15 is 0 Å². The van der Waals surface area contributed by atoms with E-state index in [0.717, 1.165) is 0 Å². The van der Waals surface area contributed by atoms with E-state index in [1.165, 1.54) is 48.9 Å². The van der Waals surface area contributed by atoms with Crippen molar-refractivity contribution in [3.63, 3.8) is 0 Å². The Bertz CT molecular complexity index is 1410. The first kappa shape index (κ1) is 24.2. The smallest absolute Gasteiger partial charge is 0.149 e. The van der Waals surface area contributed by atoms with Crippen LogP contribution in [0.1, 0.15) is 0 Å². The van der Waals surface area contributed by atoms with E-state index in [9.17, 15) is 0 Å². The maximum atomic E-state index is 7.85. The Kier molecular flexibility index (Phi) is 6.79. The van der Waals surface area contributed by atoms with Gasteiger partial charge in [0, 0.05) is 0 Å². The molecule has 0 unspecified atom stereocenters. The molecule has 6 rings (SSSR count). The summed E-state index contributed by atoms with van der Waals surface area (Å²) in [5.41, 5.74) is 7.21. The Morgan fingerprint density at radius 1 is 0.263 bits per heavy atom. The summed E-state index contributed by atoms with van der Waals surface area (Å²) in [6.45, 7) is 0. The van der Waals surface area contributed by atoms with E-state index in [2.05, 4.69) is 146 Å². The lowest BCUT2D eigenvalue weighted by atomic mass is 10.1. The maximum Gasteiger partial charge on any atom is 0.247 e. The minimum atomic E-state index is -2.78. The van der Waals surface area contributed by atoms with Crippen LogP contribution in [0.5, 0.6) is 0 Å². The van der Waals surface area contributed by atoms with Crippen LogP contribution in [0, 0.1) is 0 Å². The predicted octanol–water partition coefficient (Wildman–Crippen LogP) is 7.89. The topological polar surface area (TPSA) is 0 Å². The van der Waals surface area contributed by atoms with Crippen molar-refractivity contribution in [2.45, 2.75) is 0 Å². The number of benzene rings is 6. The lowest BCUT2D eigenvalue weighted by Gasteiger charge is -2.27. The quantitative estimate of drug-likeness (QED) is 0.118. The van der Waals surface area contributed by atoms with Gasteiger partial charge in [-0.05, 0) is 48.9 Å². The van der Waals surface area contributed by atoms with Gasteiger partial charge >= 0.3 is 0 Å². The van der Waals surface area contributed by atoms with Gasteiger partial charge in [-0.1, -0.05) is 164 Å². The van der Waals surface area contributed by atoms with Crippen LogP contribution in [-0.2, 0) is 0 Å². The number of hydrogen-bond donors (Lipinski definition) is 0. The highest BCUT2D eigenvalue weighted by molar-refractivity contribution is 7.40. The van der Waals surface area contributed by atoms with Gasteiger partial charge in [-0.2, -0.15) is 0 Å². The first-order valence-electron chi connectivity index (χ1n) is 12.9. The zero-order chi connectivity index (χ0) is 25.8. The van der Waals surface area contributed by atoms with Gasteiger partial charge in [0.1, 0.15) is 0 Å². The molecule has 0 saturated heterocycles. The van der Waals surface area contributed by atoms with Crippen molar-refractivity contribution in [2.75, 3.05) is 0 Å². The van der Waals surface area contributed by atoms with Crippen molar-refractivity contribution < 1.29 is 0 Å². The van der Waals surface area contributed by atoms with Crippen molar-refractivity contribution in [2.24, 2.45) is 0 Å². The zero-order valence-electron chi connectivity index (χ0n) is 21.0. The molecule has 0 saturated carbocycles. The van der Waals surface area contributed by atoms with E-state index in [1.54, 1.807) is 0 Å². The van der Waals surface area contributed by atoms with Crippen LogP contribution in [0.3, 0.4) is 0 Å². The molecule has 0 heterocycles. The molecule has 0 aliphatic rings. The highest BCUT2D eigenvalue weighted by atomic mass is 35.6. The lowest BCUT2D eigenvalue weighted by molar-refractivity contribution is 1.62. The summed E-state index contributed by atoms with van der Waals surface area (Å²) in [5.74, 6) is 0. The number of hydrogen-bond acceptors (Lipinski definition) is 0. The van der Waals surface area contributed by atoms with Gasteiger partial charge < -0.3 is 0 Å². The monoisotopic (exact) mass is 522 g/mol. The minimum absolute atomic E-state index is 1.18. The van der Waals surface area contributed by atoms with Crippen LogP contribution >= 0.6 is 11.1 Å². The highest BCUT2D eigenvalue weighted by Crippen LogP contribution is 2.23. The van der Waals surface area contributed by atoms with Crippen LogP contribution in [0.2, 0.25) is 0 Å². The Balaban J connectivity index is 1.43. The summed E-state index contributed by atoms with van der Waals surface area (Å²) in [5, 5.41) is 3.54. The van der Waals surface area contributed by atoms with Crippen LogP contribution in [0.15, 0.2) is 164 Å². The van der Waals surface area contributed by atoms with Crippen LogP contribution in [-0.4, -0.2) is 7.38 Å². The molecule has 0 radical (unpaired) electrons. The van der Waals surface area contributed by atoms with Gasteiger partial charge in [-0.3, -0.25) is 0 Å². The average molecular weight is 523 g/mol. The van der Waals surface area contributed by atoms with E-state index in [1.807, 2.05) is 18.2 Å². The fourth-order valence-electron chi connectivity index (χ4n) is 5.07. The van der Waals surface area contributed by atoms with Crippen molar-refractivity contribution in [1.29, 1.82) is 0 Å². The Hall–Kier alpha value is -4.17. The predicted molar refractivity (Wildman–Crippen MR) is 166 cm³/mol. The molecule has 0 atom stereocenters. The Morgan fingerprint density at radius 2 is 0.474 bits per heavy atom. The Morgan fingerprint density at radius 3 is 0.711 bits per heavy atom. The first-order valence-corrected chi connectivity index (χ1v) is 15.9. The second-order valence-corrected chi connectivity index (χ2v) is 14.2. The zero-order valence-corrected chi connectivity index (χ0v) is 22.7. The standard InChI is InChI=1S/C36H27ClSi/c37-38(34-22-16-31(17-23-34)28-10-4-1-5-11-28,35-24-18-32(19-25-35)29-12-6-2-7-13-29)36-26-20-33(21-27-36)30-14-8-3-9-15-30/h1-27H. The van der Waals surface area contributed by atoms with Gasteiger partial charge in [0.05, 0.1) is 0 Å². The molecule has 0 aromatic heterocycles. The van der Waals surface area contributed by atoms with Crippen LogP contribution < -0.4 is 15.6 Å². The van der Waals surface area contributed by atoms with Gasteiger partial charge in [0.15, 0.2) is 0 Å². The fourth-order valence-corrected chi connectivity index (χ4v) is 9.08. The third kappa shape index (κ3) is 4.75. The van der Waals surface area contributed by atoms with Gasteiger partial charge in [-0.15, -0.1) is 11.1 Å². The van der Waals surface area contributed by atoms with E-state index in [0.29, 0.717) is 0 Å². The SMILES string of the molecule is Cl[Si](c1ccc(-c2ccccc2)cc1)(c1ccc(-c2ccccc2)cc1)c1ccc(-c2ccccc2)cc1. The molecular weight excluding hydrogens is 496 g/mol. The van der Waals surface area contributed by atoms with E-state index < -0.39 is 7.38 Å². The van der Waals surface area contributed by atoms with Crippen molar-refractivity contribution in [1.82, 2.24) is 0 Å². The molecule has 0 aliphatic carbocycles. The van der Waals surface area contributed by atoms with Gasteiger partial charge in [0.2, 0.25) is 7.38 Å². The molecule has 0 bridgehead atoms. The van der Waals surface area contributed by atoms with Crippen LogP contribution in [0.4, 0.5) is 0 Å². The molecule has 38 heavy (non-hydrogen) atoms. The first-order chi connectivity index (χ1) is 18.7. The molecule has 0 N–H and O–H groups in total. The molecule has 2 heteroatoms. The Labute approximate surface area is 230 Å². The average Bonchev–Trinajstić information content (AvgIpc) is 3.02. The summed E-state index contributed by atoms with van der Waals surface area (Å²) in [7, 11) is -2.78. The molecule has 182 valence electrons. The van der Waals surface area contributed by atoms with Crippen molar-refractivity contribution in [3.05, 3.63) is 164 Å². The molecule has 6 aromatic rings. The number of halogens is 1. The van der Waals surface area contributed by atoms with Gasteiger partial charge in [-0.25, -0.2) is 0 Å². The summed E-state index contributed by atoms with van der Waals surface area (Å²) in [4.78, 5) is 0. The summed E-state index contributed by atoms with van der Waals surface area (Å²) >= 11 is 7.85. The third-order valence-corrected chi connectivity index (χ3v) is 12.5. The van der Waals surface area contributed by atoms with Gasteiger partial charge in [0.25, 0.3) is 0 Å². The molecule has 0 nitrogen and oxygen atoms in total. The largest absolute Gasteiger partial charge is 0.247 e. The summed E-state index contributed by atoms with van der Waals surface area (Å²) < 4.78 is 0. The normalized spacial score (nSPS) is 11.3. The minimum Gasteiger partial charge on any atom is -0.149 e. The van der Waals surface area contributed by atoms with Crippen molar-refractivity contribution >= 4 is 34.0 Å². The number of rotatable bonds is 6. The second-order valence-electron chi connectivity index (χ2n) is 9.49. The van der Waals surface area contributed by atoms with E-state index in [-0.39, 0.29) is 0 Å². The van der Waals surface area contributed by atoms with Crippen LogP contribution in [0.25, 0.3) is 33.4 Å². The van der Waals surface area contributed by atoms with Crippen molar-refractivity contribution in [3.8, 4) is 33.4 Å². The molecule has 0 amide bonds. The maximum absolute atomic E-state index is 7.85. The molecule has 0 fully saturated rings. The second kappa shape index (κ2) is 10.7. The fraction of sp³-hybridized carbons (Fsp3) is 0. The molecule has 0 spiro atoms.